The molecule has 494 valence electrons. The van der Waals surface area contributed by atoms with Gasteiger partial charge in [-0.3, -0.25) is 18.6 Å². The minimum absolute atomic E-state index is 0.0515. The zero-order valence-electron chi connectivity index (χ0n) is 55.6. The molecule has 0 aliphatic rings. The summed E-state index contributed by atoms with van der Waals surface area (Å²) in [7, 11) is -4.40. The van der Waals surface area contributed by atoms with Gasteiger partial charge in [0.15, 0.2) is 6.10 Å². The molecule has 0 aromatic rings. The molecular formula is C75H136NO8P. The van der Waals surface area contributed by atoms with Crippen molar-refractivity contribution in [1.82, 2.24) is 0 Å². The summed E-state index contributed by atoms with van der Waals surface area (Å²) in [4.78, 5) is 35.4. The van der Waals surface area contributed by atoms with E-state index in [-0.39, 0.29) is 38.6 Å². The van der Waals surface area contributed by atoms with Gasteiger partial charge in [-0.15, -0.1) is 0 Å². The van der Waals surface area contributed by atoms with Crippen molar-refractivity contribution in [3.8, 4) is 0 Å². The molecule has 0 aromatic heterocycles. The Morgan fingerprint density at radius 2 is 0.647 bits per heavy atom. The van der Waals surface area contributed by atoms with Crippen LogP contribution in [0.25, 0.3) is 0 Å². The molecule has 0 aromatic carbocycles. The van der Waals surface area contributed by atoms with Crippen LogP contribution >= 0.6 is 7.82 Å². The molecule has 10 heteroatoms. The third-order valence-corrected chi connectivity index (χ3v) is 16.8. The molecule has 0 heterocycles. The van der Waals surface area contributed by atoms with Gasteiger partial charge in [0.1, 0.15) is 6.61 Å². The summed E-state index contributed by atoms with van der Waals surface area (Å²) in [6.45, 7) is 3.68. The summed E-state index contributed by atoms with van der Waals surface area (Å²) in [5.41, 5.74) is 5.41. The zero-order valence-corrected chi connectivity index (χ0v) is 56.5. The highest BCUT2D eigenvalue weighted by molar-refractivity contribution is 7.47. The number of ether oxygens (including phenoxy) is 2. The van der Waals surface area contributed by atoms with Gasteiger partial charge in [0.05, 0.1) is 13.2 Å². The number of hydrogen-bond donors (Lipinski definition) is 2. The molecule has 0 fully saturated rings. The van der Waals surface area contributed by atoms with Crippen LogP contribution in [0.2, 0.25) is 0 Å². The van der Waals surface area contributed by atoms with Gasteiger partial charge < -0.3 is 20.1 Å². The second kappa shape index (κ2) is 70.3. The lowest BCUT2D eigenvalue weighted by molar-refractivity contribution is -0.161. The Hall–Kier alpha value is -2.81. The fourth-order valence-corrected chi connectivity index (χ4v) is 11.3. The van der Waals surface area contributed by atoms with E-state index in [4.69, 9.17) is 24.3 Å². The lowest BCUT2D eigenvalue weighted by atomic mass is 10.0. The van der Waals surface area contributed by atoms with E-state index in [2.05, 4.69) is 98.9 Å². The Balaban J connectivity index is 3.87. The fourth-order valence-electron chi connectivity index (χ4n) is 10.5. The van der Waals surface area contributed by atoms with E-state index in [0.29, 0.717) is 6.42 Å². The van der Waals surface area contributed by atoms with Crippen LogP contribution in [0.4, 0.5) is 0 Å². The first kappa shape index (κ1) is 82.2. The van der Waals surface area contributed by atoms with E-state index in [9.17, 15) is 19.0 Å². The van der Waals surface area contributed by atoms with Gasteiger partial charge in [0.25, 0.3) is 0 Å². The number of phosphoric ester groups is 1. The normalized spacial score (nSPS) is 13.4. The molecular weight excluding hydrogens is 1070 g/mol. The Bertz CT molecular complexity index is 1670. The summed E-state index contributed by atoms with van der Waals surface area (Å²) < 4.78 is 33.2. The topological polar surface area (TPSA) is 134 Å². The highest BCUT2D eigenvalue weighted by Crippen LogP contribution is 2.43. The Kier molecular flexibility index (Phi) is 68.0. The molecule has 0 rings (SSSR count). The zero-order chi connectivity index (χ0) is 61.6. The van der Waals surface area contributed by atoms with Crippen LogP contribution in [0.3, 0.4) is 0 Å². The second-order valence-corrected chi connectivity index (χ2v) is 25.5. The van der Waals surface area contributed by atoms with Gasteiger partial charge in [-0.2, -0.15) is 0 Å². The van der Waals surface area contributed by atoms with Gasteiger partial charge >= 0.3 is 19.8 Å². The molecule has 2 atom stereocenters. The number of rotatable bonds is 68. The maximum Gasteiger partial charge on any atom is 0.472 e. The third-order valence-electron chi connectivity index (χ3n) is 15.8. The maximum atomic E-state index is 12.8. The van der Waals surface area contributed by atoms with Crippen molar-refractivity contribution in [1.29, 1.82) is 0 Å². The minimum atomic E-state index is -4.40. The number of allylic oxidation sites excluding steroid dienone is 14. The average Bonchev–Trinajstić information content (AvgIpc) is 3.52. The standard InChI is InChI=1S/C75H136NO8P/c1-3-5-7-9-11-13-15-17-19-21-23-25-27-29-31-33-35-36-38-40-42-44-46-48-50-52-54-56-58-60-62-64-66-68-75(78)84-73(72-83-85(79,80)82-70-69-76)71-81-74(77)67-65-63-61-59-57-55-53-51-49-47-45-43-41-39-37-34-32-30-28-26-24-22-20-18-16-14-12-10-8-6-4-2/h5,7,11,13,17,19,23,25,29,31,35-36,40,42,73H,3-4,6,8-10,12,14-16,18,20-22,24,26-28,30,32-34,37-39,41,43-72,76H2,1-2H3,(H,79,80)/b7-5-,13-11-,19-17-,25-23-,31-29-,36-35-,42-40-. The van der Waals surface area contributed by atoms with E-state index in [0.717, 1.165) is 89.9 Å². The molecule has 0 aliphatic carbocycles. The molecule has 0 saturated heterocycles. The van der Waals surface area contributed by atoms with Crippen LogP contribution in [-0.2, 0) is 32.7 Å². The summed E-state index contributed by atoms with van der Waals surface area (Å²) in [6, 6.07) is 0. The van der Waals surface area contributed by atoms with Crippen molar-refractivity contribution in [2.24, 2.45) is 5.73 Å². The summed E-state index contributed by atoms with van der Waals surface area (Å²) in [5.74, 6) is -0.818. The Labute approximate surface area is 525 Å². The second-order valence-electron chi connectivity index (χ2n) is 24.1. The molecule has 0 spiro atoms. The van der Waals surface area contributed by atoms with Gasteiger partial charge in [-0.1, -0.05) is 349 Å². The first-order valence-electron chi connectivity index (χ1n) is 36.1. The van der Waals surface area contributed by atoms with Crippen molar-refractivity contribution in [2.45, 2.75) is 354 Å². The molecule has 2 unspecified atom stereocenters. The fraction of sp³-hybridized carbons (Fsp3) is 0.787. The first-order chi connectivity index (χ1) is 41.8. The first-order valence-corrected chi connectivity index (χ1v) is 37.6. The predicted octanol–water partition coefficient (Wildman–Crippen LogP) is 23.8. The molecule has 0 saturated carbocycles. The van der Waals surface area contributed by atoms with Crippen LogP contribution in [0.1, 0.15) is 348 Å². The van der Waals surface area contributed by atoms with Gasteiger partial charge in [0.2, 0.25) is 0 Å². The largest absolute Gasteiger partial charge is 0.472 e. The van der Waals surface area contributed by atoms with E-state index in [1.165, 1.54) is 225 Å². The van der Waals surface area contributed by atoms with Crippen molar-refractivity contribution >= 4 is 19.8 Å². The Morgan fingerprint density at radius 1 is 0.365 bits per heavy atom. The predicted molar refractivity (Wildman–Crippen MR) is 367 cm³/mol. The number of hydrogen-bond acceptors (Lipinski definition) is 8. The Morgan fingerprint density at radius 3 is 0.965 bits per heavy atom. The summed E-state index contributed by atoms with van der Waals surface area (Å²) >= 11 is 0. The van der Waals surface area contributed by atoms with Gasteiger partial charge in [0, 0.05) is 19.4 Å². The molecule has 85 heavy (non-hydrogen) atoms. The van der Waals surface area contributed by atoms with Crippen molar-refractivity contribution < 1.29 is 37.6 Å². The van der Waals surface area contributed by atoms with E-state index in [1.807, 2.05) is 0 Å². The van der Waals surface area contributed by atoms with Crippen LogP contribution in [0, 0.1) is 0 Å². The smallest absolute Gasteiger partial charge is 0.462 e. The number of phosphoric acid groups is 1. The quantitative estimate of drug-likeness (QED) is 0.0264. The van der Waals surface area contributed by atoms with Crippen LogP contribution in [0.5, 0.6) is 0 Å². The molecule has 0 amide bonds. The van der Waals surface area contributed by atoms with E-state index >= 15 is 0 Å². The number of esters is 2. The molecule has 0 aliphatic heterocycles. The molecule has 0 bridgehead atoms. The molecule has 0 radical (unpaired) electrons. The lowest BCUT2D eigenvalue weighted by Crippen LogP contribution is -2.29. The average molecular weight is 1210 g/mol. The van der Waals surface area contributed by atoms with Crippen LogP contribution in [0.15, 0.2) is 85.1 Å². The van der Waals surface area contributed by atoms with Crippen molar-refractivity contribution in [2.75, 3.05) is 26.4 Å². The molecule has 3 N–H and O–H groups in total. The lowest BCUT2D eigenvalue weighted by Gasteiger charge is -2.19. The third kappa shape index (κ3) is 70.2. The number of unbranched alkanes of at least 4 members (excludes halogenated alkanes) is 41. The number of carbonyl (C=O) groups excluding carboxylic acids is 2. The van der Waals surface area contributed by atoms with Crippen LogP contribution in [-0.4, -0.2) is 49.3 Å². The number of carbonyl (C=O) groups is 2. The SMILES string of the molecule is CC/C=C\C/C=C\C/C=C\C/C=C\C/C=C\C/C=C\C/C=C\CCCCCCCCCCCCCC(=O)OC(COC(=O)CCCCCCCCCCCCCCCCCCCCCCCCCCCCCCCCC)COP(=O)(O)OCCN. The van der Waals surface area contributed by atoms with Crippen LogP contribution < -0.4 is 5.73 Å². The van der Waals surface area contributed by atoms with E-state index < -0.39 is 26.5 Å². The highest BCUT2D eigenvalue weighted by Gasteiger charge is 2.26. The van der Waals surface area contributed by atoms with Crippen molar-refractivity contribution in [3.63, 3.8) is 0 Å². The summed E-state index contributed by atoms with van der Waals surface area (Å²) in [5, 5.41) is 0. The summed E-state index contributed by atoms with van der Waals surface area (Å²) in [6.07, 6.45) is 94.0. The van der Waals surface area contributed by atoms with E-state index in [1.54, 1.807) is 0 Å². The minimum Gasteiger partial charge on any atom is -0.462 e. The molecule has 9 nitrogen and oxygen atoms in total. The van der Waals surface area contributed by atoms with Gasteiger partial charge in [-0.05, 0) is 70.6 Å². The number of nitrogens with two attached hydrogens (primary N) is 1. The highest BCUT2D eigenvalue weighted by atomic mass is 31.2. The monoisotopic (exact) mass is 1210 g/mol. The van der Waals surface area contributed by atoms with Gasteiger partial charge in [-0.25, -0.2) is 4.57 Å². The maximum absolute atomic E-state index is 12.8. The van der Waals surface area contributed by atoms with Crippen molar-refractivity contribution in [3.05, 3.63) is 85.1 Å².